The third-order valence-electron chi connectivity index (χ3n) is 1.72. The van der Waals surface area contributed by atoms with Gasteiger partial charge >= 0.3 is 0 Å². The minimum absolute atomic E-state index is 0.639. The summed E-state index contributed by atoms with van der Waals surface area (Å²) in [5, 5.41) is 10.3. The van der Waals surface area contributed by atoms with Crippen molar-refractivity contribution in [2.24, 2.45) is 0 Å². The Morgan fingerprint density at radius 2 is 2.23 bits per heavy atom. The molecular formula is C9H3BrClNS. The molecule has 0 amide bonds. The lowest BCUT2D eigenvalue weighted by atomic mass is 10.2. The molecule has 0 aliphatic heterocycles. The van der Waals surface area contributed by atoms with Crippen molar-refractivity contribution in [3.63, 3.8) is 0 Å². The summed E-state index contributed by atoms with van der Waals surface area (Å²) in [6.45, 7) is 0. The summed E-state index contributed by atoms with van der Waals surface area (Å²) in [5.41, 5.74) is 0.639. The average molecular weight is 273 g/mol. The Kier molecular flexibility index (Phi) is 2.29. The second-order valence-electron chi connectivity index (χ2n) is 2.51. The SMILES string of the molecule is N#Cc1ccc2sc(Br)c(Cl)c2c1. The molecule has 0 atom stereocenters. The Morgan fingerprint density at radius 3 is 2.92 bits per heavy atom. The van der Waals surface area contributed by atoms with E-state index in [-0.39, 0.29) is 0 Å². The highest BCUT2D eigenvalue weighted by atomic mass is 79.9. The Balaban J connectivity index is 2.84. The molecule has 13 heavy (non-hydrogen) atoms. The van der Waals surface area contributed by atoms with E-state index in [9.17, 15) is 0 Å². The van der Waals surface area contributed by atoms with E-state index in [2.05, 4.69) is 22.0 Å². The van der Waals surface area contributed by atoms with E-state index in [4.69, 9.17) is 16.9 Å². The lowest BCUT2D eigenvalue weighted by Gasteiger charge is -1.90. The maximum Gasteiger partial charge on any atom is 0.0991 e. The molecule has 2 rings (SSSR count). The van der Waals surface area contributed by atoms with Crippen LogP contribution in [0.4, 0.5) is 0 Å². The fourth-order valence-corrected chi connectivity index (χ4v) is 2.97. The van der Waals surface area contributed by atoms with Gasteiger partial charge in [0.15, 0.2) is 0 Å². The molecule has 1 aromatic heterocycles. The molecule has 0 radical (unpaired) electrons. The quantitative estimate of drug-likeness (QED) is 0.705. The molecule has 1 nitrogen and oxygen atoms in total. The number of thiophene rings is 1. The summed E-state index contributed by atoms with van der Waals surface area (Å²) in [6.07, 6.45) is 0. The number of rotatable bonds is 0. The standard InChI is InChI=1S/C9H3BrClNS/c10-9-8(11)6-3-5(4-12)1-2-7(6)13-9/h1-3H. The van der Waals surface area contributed by atoms with E-state index in [0.717, 1.165) is 13.9 Å². The Labute approximate surface area is 92.7 Å². The van der Waals surface area contributed by atoms with Crippen LogP contribution in [-0.2, 0) is 0 Å². The number of halogens is 2. The maximum atomic E-state index is 8.69. The second-order valence-corrected chi connectivity index (χ2v) is 5.26. The molecule has 0 fully saturated rings. The summed E-state index contributed by atoms with van der Waals surface area (Å²) in [5.74, 6) is 0. The van der Waals surface area contributed by atoms with E-state index < -0.39 is 0 Å². The van der Waals surface area contributed by atoms with Crippen molar-refractivity contribution in [1.82, 2.24) is 0 Å². The van der Waals surface area contributed by atoms with E-state index in [1.807, 2.05) is 6.07 Å². The van der Waals surface area contributed by atoms with Crippen LogP contribution in [0.5, 0.6) is 0 Å². The number of nitriles is 1. The first-order chi connectivity index (χ1) is 6.22. The molecule has 4 heteroatoms. The molecular weight excluding hydrogens is 270 g/mol. The molecule has 0 N–H and O–H groups in total. The van der Waals surface area contributed by atoms with Gasteiger partial charge in [0.1, 0.15) is 0 Å². The summed E-state index contributed by atoms with van der Waals surface area (Å²) in [6, 6.07) is 7.60. The van der Waals surface area contributed by atoms with Gasteiger partial charge in [0.05, 0.1) is 20.4 Å². The minimum Gasteiger partial charge on any atom is -0.192 e. The van der Waals surface area contributed by atoms with Gasteiger partial charge in [-0.1, -0.05) is 11.6 Å². The highest BCUT2D eigenvalue weighted by molar-refractivity contribution is 9.11. The maximum absolute atomic E-state index is 8.69. The normalized spacial score (nSPS) is 10.2. The number of benzene rings is 1. The predicted molar refractivity (Wildman–Crippen MR) is 59.3 cm³/mol. The van der Waals surface area contributed by atoms with Crippen molar-refractivity contribution >= 4 is 49.0 Å². The number of nitrogens with zero attached hydrogens (tertiary/aromatic N) is 1. The van der Waals surface area contributed by atoms with E-state index >= 15 is 0 Å². The fourth-order valence-electron chi connectivity index (χ4n) is 1.11. The lowest BCUT2D eigenvalue weighted by molar-refractivity contribution is 1.50. The van der Waals surface area contributed by atoms with Gasteiger partial charge in [0.2, 0.25) is 0 Å². The van der Waals surface area contributed by atoms with Crippen LogP contribution in [0.25, 0.3) is 10.1 Å². The van der Waals surface area contributed by atoms with Gasteiger partial charge in [-0.15, -0.1) is 11.3 Å². The van der Waals surface area contributed by atoms with Gasteiger partial charge in [-0.25, -0.2) is 0 Å². The van der Waals surface area contributed by atoms with Crippen molar-refractivity contribution in [2.45, 2.75) is 0 Å². The van der Waals surface area contributed by atoms with Crippen LogP contribution in [0.15, 0.2) is 22.0 Å². The third kappa shape index (κ3) is 1.46. The summed E-state index contributed by atoms with van der Waals surface area (Å²) < 4.78 is 2.01. The van der Waals surface area contributed by atoms with Crippen LogP contribution in [0.2, 0.25) is 5.02 Å². The molecule has 0 unspecified atom stereocenters. The number of hydrogen-bond donors (Lipinski definition) is 0. The van der Waals surface area contributed by atoms with Gasteiger partial charge < -0.3 is 0 Å². The fraction of sp³-hybridized carbons (Fsp3) is 0. The third-order valence-corrected chi connectivity index (χ3v) is 4.29. The van der Waals surface area contributed by atoms with Crippen LogP contribution in [0.3, 0.4) is 0 Å². The molecule has 0 spiro atoms. The van der Waals surface area contributed by atoms with Crippen molar-refractivity contribution in [1.29, 1.82) is 5.26 Å². The number of hydrogen-bond acceptors (Lipinski definition) is 2. The van der Waals surface area contributed by atoms with Crippen molar-refractivity contribution in [3.05, 3.63) is 32.6 Å². The summed E-state index contributed by atoms with van der Waals surface area (Å²) >= 11 is 11.0. The highest BCUT2D eigenvalue weighted by Gasteiger charge is 2.07. The number of fused-ring (bicyclic) bond motifs is 1. The zero-order valence-corrected chi connectivity index (χ0v) is 9.50. The van der Waals surface area contributed by atoms with Gasteiger partial charge in [-0.2, -0.15) is 5.26 Å². The monoisotopic (exact) mass is 271 g/mol. The smallest absolute Gasteiger partial charge is 0.0991 e. The zero-order valence-electron chi connectivity index (χ0n) is 6.34. The molecule has 0 aliphatic carbocycles. The second kappa shape index (κ2) is 3.30. The molecule has 1 heterocycles. The topological polar surface area (TPSA) is 23.8 Å². The first kappa shape index (κ1) is 9.01. The first-order valence-corrected chi connectivity index (χ1v) is 5.49. The average Bonchev–Trinajstić information content (AvgIpc) is 2.43. The Hall–Kier alpha value is -0.560. The summed E-state index contributed by atoms with van der Waals surface area (Å²) in [7, 11) is 0. The molecule has 0 bridgehead atoms. The van der Waals surface area contributed by atoms with E-state index in [1.165, 1.54) is 0 Å². The van der Waals surface area contributed by atoms with Gasteiger partial charge in [-0.05, 0) is 34.1 Å². The van der Waals surface area contributed by atoms with Crippen LogP contribution in [0, 0.1) is 11.3 Å². The molecule has 1 aromatic carbocycles. The molecule has 64 valence electrons. The predicted octanol–water partition coefficient (Wildman–Crippen LogP) is 4.19. The summed E-state index contributed by atoms with van der Waals surface area (Å²) in [4.78, 5) is 0. The van der Waals surface area contributed by atoms with Crippen LogP contribution >= 0.6 is 38.9 Å². The van der Waals surface area contributed by atoms with Crippen LogP contribution in [-0.4, -0.2) is 0 Å². The largest absolute Gasteiger partial charge is 0.192 e. The first-order valence-electron chi connectivity index (χ1n) is 3.50. The van der Waals surface area contributed by atoms with Gasteiger partial charge in [0.25, 0.3) is 0 Å². The van der Waals surface area contributed by atoms with Crippen molar-refractivity contribution < 1.29 is 0 Å². The molecule has 2 aromatic rings. The molecule has 0 aliphatic rings. The molecule has 0 saturated heterocycles. The highest BCUT2D eigenvalue weighted by Crippen LogP contribution is 2.39. The minimum atomic E-state index is 0.639. The lowest BCUT2D eigenvalue weighted by Crippen LogP contribution is -1.71. The Morgan fingerprint density at radius 1 is 1.46 bits per heavy atom. The van der Waals surface area contributed by atoms with Gasteiger partial charge in [0, 0.05) is 10.1 Å². The van der Waals surface area contributed by atoms with Gasteiger partial charge in [-0.3, -0.25) is 0 Å². The van der Waals surface area contributed by atoms with Crippen molar-refractivity contribution in [3.8, 4) is 6.07 Å². The molecule has 0 saturated carbocycles. The van der Waals surface area contributed by atoms with E-state index in [0.29, 0.717) is 10.6 Å². The van der Waals surface area contributed by atoms with Crippen molar-refractivity contribution in [2.75, 3.05) is 0 Å². The van der Waals surface area contributed by atoms with Crippen LogP contribution in [0.1, 0.15) is 5.56 Å². The van der Waals surface area contributed by atoms with E-state index in [1.54, 1.807) is 23.5 Å². The zero-order chi connectivity index (χ0) is 9.42. The Bertz CT molecular complexity index is 512. The van der Waals surface area contributed by atoms with Crippen LogP contribution < -0.4 is 0 Å².